The Morgan fingerprint density at radius 1 is 0.882 bits per heavy atom. The van der Waals surface area contributed by atoms with Crippen LogP contribution in [0.3, 0.4) is 0 Å². The first-order valence-electron chi connectivity index (χ1n) is 7.26. The van der Waals surface area contributed by atoms with E-state index in [4.69, 9.17) is 0 Å². The fourth-order valence-corrected chi connectivity index (χ4v) is 3.77. The topological polar surface area (TPSA) is 3.24 Å². The highest BCUT2D eigenvalue weighted by Crippen LogP contribution is 2.52. The highest BCUT2D eigenvalue weighted by molar-refractivity contribution is 4.98. The smallest absolute Gasteiger partial charge is 0.0125 e. The average molecular weight is 239 g/mol. The fraction of sp³-hybridized carbons (Fsp3) is 1.00. The van der Waals surface area contributed by atoms with Gasteiger partial charge in [0.2, 0.25) is 0 Å². The van der Waals surface area contributed by atoms with E-state index in [0.717, 1.165) is 5.92 Å². The van der Waals surface area contributed by atoms with Crippen molar-refractivity contribution in [3.63, 3.8) is 0 Å². The summed E-state index contributed by atoms with van der Waals surface area (Å²) in [5.41, 5.74) is 1.28. The van der Waals surface area contributed by atoms with Crippen molar-refractivity contribution in [2.45, 2.75) is 73.8 Å². The fourth-order valence-electron chi connectivity index (χ4n) is 3.77. The number of likely N-dealkylation sites (tertiary alicyclic amines) is 1. The second-order valence-corrected chi connectivity index (χ2v) is 8.22. The molecule has 0 bridgehead atoms. The van der Waals surface area contributed by atoms with Crippen molar-refractivity contribution in [3.8, 4) is 0 Å². The van der Waals surface area contributed by atoms with Crippen LogP contribution in [0.5, 0.6) is 0 Å². The van der Waals surface area contributed by atoms with Gasteiger partial charge in [-0.3, -0.25) is 4.90 Å². The van der Waals surface area contributed by atoms with E-state index in [2.05, 4.69) is 60.3 Å². The minimum absolute atomic E-state index is 0.334. The van der Waals surface area contributed by atoms with Crippen molar-refractivity contribution < 1.29 is 0 Å². The molecule has 0 N–H and O–H groups in total. The molecule has 0 amide bonds. The third kappa shape index (κ3) is 2.86. The molecule has 102 valence electrons. The maximum Gasteiger partial charge on any atom is 0.0125 e. The lowest BCUT2D eigenvalue weighted by atomic mass is 9.56. The molecule has 1 nitrogen and oxygen atoms in total. The standard InChI is InChI=1S/C16H33N/c1-13(2)16(14(3,4)5)9-11-17(12-10-16)15(6,7)8/h13H,9-12H2,1-8H3. The lowest BCUT2D eigenvalue weighted by Gasteiger charge is -2.55. The molecular weight excluding hydrogens is 206 g/mol. The number of hydrogen-bond donors (Lipinski definition) is 0. The molecule has 0 aromatic heterocycles. The summed E-state index contributed by atoms with van der Waals surface area (Å²) in [6.45, 7) is 21.7. The Morgan fingerprint density at radius 3 is 1.53 bits per heavy atom. The highest BCUT2D eigenvalue weighted by atomic mass is 15.2. The van der Waals surface area contributed by atoms with Crippen molar-refractivity contribution in [2.75, 3.05) is 13.1 Å². The first-order valence-corrected chi connectivity index (χ1v) is 7.26. The minimum Gasteiger partial charge on any atom is -0.298 e. The Bertz CT molecular complexity index is 244. The molecule has 0 radical (unpaired) electrons. The van der Waals surface area contributed by atoms with Gasteiger partial charge in [-0.05, 0) is 63.5 Å². The van der Waals surface area contributed by atoms with Crippen LogP contribution in [-0.4, -0.2) is 23.5 Å². The summed E-state index contributed by atoms with van der Waals surface area (Å²) in [7, 11) is 0. The summed E-state index contributed by atoms with van der Waals surface area (Å²) in [4.78, 5) is 2.65. The zero-order valence-electron chi connectivity index (χ0n) is 13.4. The SMILES string of the molecule is CC(C)C1(C(C)(C)C)CCN(C(C)(C)C)CC1. The van der Waals surface area contributed by atoms with E-state index in [-0.39, 0.29) is 0 Å². The molecule has 1 rings (SSSR count). The number of nitrogens with zero attached hydrogens (tertiary/aromatic N) is 1. The van der Waals surface area contributed by atoms with E-state index in [1.54, 1.807) is 0 Å². The van der Waals surface area contributed by atoms with Gasteiger partial charge >= 0.3 is 0 Å². The third-order valence-electron chi connectivity index (χ3n) is 5.20. The molecule has 0 spiro atoms. The number of hydrogen-bond acceptors (Lipinski definition) is 1. The first-order chi connectivity index (χ1) is 7.51. The molecule has 1 aliphatic heterocycles. The lowest BCUT2D eigenvalue weighted by Crippen LogP contribution is -2.54. The molecule has 0 atom stereocenters. The van der Waals surface area contributed by atoms with Gasteiger partial charge < -0.3 is 0 Å². The Hall–Kier alpha value is -0.0400. The van der Waals surface area contributed by atoms with Crippen LogP contribution in [0.2, 0.25) is 0 Å². The summed E-state index contributed by atoms with van der Waals surface area (Å²) in [6.07, 6.45) is 2.71. The Kier molecular flexibility index (Phi) is 4.04. The van der Waals surface area contributed by atoms with Crippen LogP contribution in [0, 0.1) is 16.7 Å². The van der Waals surface area contributed by atoms with Crippen LogP contribution < -0.4 is 0 Å². The van der Waals surface area contributed by atoms with E-state index in [0.29, 0.717) is 16.4 Å². The van der Waals surface area contributed by atoms with E-state index < -0.39 is 0 Å². The van der Waals surface area contributed by atoms with E-state index in [1.165, 1.54) is 25.9 Å². The van der Waals surface area contributed by atoms with Gasteiger partial charge in [0.05, 0.1) is 0 Å². The molecule has 0 aliphatic carbocycles. The van der Waals surface area contributed by atoms with Crippen LogP contribution in [0.4, 0.5) is 0 Å². The average Bonchev–Trinajstić information content (AvgIpc) is 2.14. The van der Waals surface area contributed by atoms with Gasteiger partial charge in [-0.1, -0.05) is 34.6 Å². The Balaban J connectivity index is 2.83. The van der Waals surface area contributed by atoms with Crippen LogP contribution in [0.25, 0.3) is 0 Å². The molecular formula is C16H33N. The molecule has 0 unspecified atom stereocenters. The van der Waals surface area contributed by atoms with Crippen molar-refractivity contribution in [1.82, 2.24) is 4.90 Å². The monoisotopic (exact) mass is 239 g/mol. The van der Waals surface area contributed by atoms with Gasteiger partial charge in [0, 0.05) is 5.54 Å². The third-order valence-corrected chi connectivity index (χ3v) is 5.20. The maximum absolute atomic E-state index is 2.65. The number of rotatable bonds is 1. The second-order valence-electron chi connectivity index (χ2n) is 8.22. The Labute approximate surface area is 109 Å². The molecule has 0 saturated carbocycles. The van der Waals surface area contributed by atoms with Crippen molar-refractivity contribution in [3.05, 3.63) is 0 Å². The van der Waals surface area contributed by atoms with E-state index in [9.17, 15) is 0 Å². The summed E-state index contributed by atoms with van der Waals surface area (Å²) in [5.74, 6) is 0.782. The van der Waals surface area contributed by atoms with Gasteiger partial charge in [-0.15, -0.1) is 0 Å². The molecule has 17 heavy (non-hydrogen) atoms. The van der Waals surface area contributed by atoms with Crippen molar-refractivity contribution >= 4 is 0 Å². The molecule has 1 heterocycles. The maximum atomic E-state index is 2.65. The summed E-state index contributed by atoms with van der Waals surface area (Å²) >= 11 is 0. The highest BCUT2D eigenvalue weighted by Gasteiger charge is 2.47. The first kappa shape index (κ1) is 15.0. The molecule has 1 saturated heterocycles. The normalized spacial score (nSPS) is 23.1. The van der Waals surface area contributed by atoms with Gasteiger partial charge in [-0.2, -0.15) is 0 Å². The van der Waals surface area contributed by atoms with Crippen LogP contribution in [0.15, 0.2) is 0 Å². The van der Waals surface area contributed by atoms with Gasteiger partial charge in [0.1, 0.15) is 0 Å². The largest absolute Gasteiger partial charge is 0.298 e. The molecule has 1 aliphatic rings. The predicted octanol–water partition coefficient (Wildman–Crippen LogP) is 4.57. The minimum atomic E-state index is 0.334. The van der Waals surface area contributed by atoms with Crippen LogP contribution in [-0.2, 0) is 0 Å². The van der Waals surface area contributed by atoms with Gasteiger partial charge in [-0.25, -0.2) is 0 Å². The van der Waals surface area contributed by atoms with Crippen molar-refractivity contribution in [2.24, 2.45) is 16.7 Å². The zero-order chi connectivity index (χ0) is 13.5. The molecule has 0 aromatic rings. The molecule has 1 heteroatoms. The summed E-state index contributed by atoms with van der Waals surface area (Å²) in [5, 5.41) is 0. The van der Waals surface area contributed by atoms with Crippen LogP contribution >= 0.6 is 0 Å². The van der Waals surface area contributed by atoms with Crippen LogP contribution in [0.1, 0.15) is 68.2 Å². The molecule has 1 fully saturated rings. The zero-order valence-corrected chi connectivity index (χ0v) is 13.4. The predicted molar refractivity (Wildman–Crippen MR) is 77.3 cm³/mol. The van der Waals surface area contributed by atoms with Gasteiger partial charge in [0.25, 0.3) is 0 Å². The van der Waals surface area contributed by atoms with E-state index in [1.807, 2.05) is 0 Å². The second kappa shape index (κ2) is 4.57. The summed E-state index contributed by atoms with van der Waals surface area (Å²) in [6, 6.07) is 0. The van der Waals surface area contributed by atoms with Gasteiger partial charge in [0.15, 0.2) is 0 Å². The Morgan fingerprint density at radius 2 is 1.29 bits per heavy atom. The summed E-state index contributed by atoms with van der Waals surface area (Å²) < 4.78 is 0. The van der Waals surface area contributed by atoms with E-state index >= 15 is 0 Å². The quantitative estimate of drug-likeness (QED) is 0.648. The number of piperidine rings is 1. The molecule has 0 aromatic carbocycles. The lowest BCUT2D eigenvalue weighted by molar-refractivity contribution is -0.0538. The van der Waals surface area contributed by atoms with Crippen molar-refractivity contribution in [1.29, 1.82) is 0 Å².